The van der Waals surface area contributed by atoms with E-state index in [1.54, 1.807) is 24.5 Å². The molecule has 1 aliphatic carbocycles. The quantitative estimate of drug-likeness (QED) is 0.337. The number of nitrogens with one attached hydrogen (secondary N) is 1. The number of nitrogens with zero attached hydrogens (tertiary/aromatic N) is 2. The van der Waals surface area contributed by atoms with Crippen LogP contribution in [0.15, 0.2) is 48.8 Å². The molecule has 0 spiro atoms. The van der Waals surface area contributed by atoms with Gasteiger partial charge in [0.25, 0.3) is 5.69 Å². The molecule has 152 valence electrons. The molecule has 1 amide bonds. The first-order valence-electron chi connectivity index (χ1n) is 8.96. The molecule has 2 aromatic rings. The first-order valence-corrected chi connectivity index (χ1v) is 8.96. The predicted molar refractivity (Wildman–Crippen MR) is 99.2 cm³/mol. The zero-order valence-electron chi connectivity index (χ0n) is 15.4. The summed E-state index contributed by atoms with van der Waals surface area (Å²) >= 11 is 0. The molecular weight excluding hydrogens is 382 g/mol. The number of non-ortho nitro benzene ring substituents is 1. The fraction of sp³-hybridized carbons (Fsp3) is 0.316. The number of carbonyl (C=O) groups is 2. The molecule has 1 aromatic carbocycles. The number of nitro groups is 1. The van der Waals surface area contributed by atoms with E-state index in [2.05, 4.69) is 10.3 Å². The first-order chi connectivity index (χ1) is 14.0. The summed E-state index contributed by atoms with van der Waals surface area (Å²) in [6.07, 6.45) is 3.09. The number of hydrogen-bond donors (Lipinski definition) is 1. The Kier molecular flexibility index (Phi) is 6.56. The molecule has 1 aliphatic rings. The Morgan fingerprint density at radius 1 is 1.21 bits per heavy atom. The largest absolute Gasteiger partial charge is 0.514 e. The van der Waals surface area contributed by atoms with Gasteiger partial charge in [-0.2, -0.15) is 0 Å². The van der Waals surface area contributed by atoms with E-state index in [0.29, 0.717) is 12.8 Å². The highest BCUT2D eigenvalue weighted by molar-refractivity contribution is 5.68. The number of amides is 1. The van der Waals surface area contributed by atoms with Gasteiger partial charge in [-0.1, -0.05) is 6.07 Å². The summed E-state index contributed by atoms with van der Waals surface area (Å²) in [4.78, 5) is 38.0. The Balaban J connectivity index is 1.46. The Labute approximate surface area is 165 Å². The lowest BCUT2D eigenvalue weighted by Gasteiger charge is -2.20. The zero-order valence-corrected chi connectivity index (χ0v) is 15.4. The minimum atomic E-state index is -0.943. The minimum absolute atomic E-state index is 0.0834. The van der Waals surface area contributed by atoms with Crippen LogP contribution in [0.3, 0.4) is 0 Å². The number of pyridine rings is 1. The standard InChI is InChI=1S/C19H19N3O7/c23-18(27-12-13-3-2-10-20-11-13)21-16-4-1-5-17(16)29-19(24)28-15-8-6-14(7-9-15)22(25)26/h2-3,6-11,16-17H,1,4-5,12H2,(H,21,23). The van der Waals surface area contributed by atoms with Crippen molar-refractivity contribution in [2.24, 2.45) is 0 Å². The van der Waals surface area contributed by atoms with Crippen molar-refractivity contribution < 1.29 is 28.7 Å². The van der Waals surface area contributed by atoms with Crippen LogP contribution in [0.2, 0.25) is 0 Å². The Hall–Kier alpha value is -3.69. The lowest BCUT2D eigenvalue weighted by molar-refractivity contribution is -0.384. The molecule has 2 atom stereocenters. The van der Waals surface area contributed by atoms with Crippen LogP contribution in [0.25, 0.3) is 0 Å². The van der Waals surface area contributed by atoms with E-state index in [1.165, 1.54) is 24.3 Å². The lowest BCUT2D eigenvalue weighted by atomic mass is 10.2. The van der Waals surface area contributed by atoms with Crippen LogP contribution in [0.5, 0.6) is 5.75 Å². The van der Waals surface area contributed by atoms with Crippen LogP contribution >= 0.6 is 0 Å². The van der Waals surface area contributed by atoms with Gasteiger partial charge in [-0.3, -0.25) is 15.1 Å². The summed E-state index contributed by atoms with van der Waals surface area (Å²) in [6, 6.07) is 8.20. The van der Waals surface area contributed by atoms with E-state index in [-0.39, 0.29) is 24.1 Å². The van der Waals surface area contributed by atoms with Gasteiger partial charge in [0.2, 0.25) is 0 Å². The number of aromatic nitrogens is 1. The van der Waals surface area contributed by atoms with Gasteiger partial charge in [-0.05, 0) is 37.5 Å². The third-order valence-electron chi connectivity index (χ3n) is 4.34. The molecule has 10 heteroatoms. The summed E-state index contributed by atoms with van der Waals surface area (Å²) in [5.74, 6) is 0.124. The van der Waals surface area contributed by atoms with Crippen LogP contribution in [-0.4, -0.2) is 34.3 Å². The monoisotopic (exact) mass is 401 g/mol. The fourth-order valence-electron chi connectivity index (χ4n) is 2.94. The molecule has 0 saturated heterocycles. The van der Waals surface area contributed by atoms with Gasteiger partial charge in [0, 0.05) is 30.1 Å². The fourth-order valence-corrected chi connectivity index (χ4v) is 2.94. The van der Waals surface area contributed by atoms with Crippen LogP contribution in [0.4, 0.5) is 15.3 Å². The molecule has 2 unspecified atom stereocenters. The number of alkyl carbamates (subject to hydrolysis) is 1. The number of nitro benzene ring substituents is 1. The molecular formula is C19H19N3O7. The van der Waals surface area contributed by atoms with Gasteiger partial charge in [0.15, 0.2) is 0 Å². The number of carbonyl (C=O) groups excluding carboxylic acids is 2. The Morgan fingerprint density at radius 3 is 2.69 bits per heavy atom. The maximum absolute atomic E-state index is 12.0. The van der Waals surface area contributed by atoms with E-state index < -0.39 is 23.3 Å². The van der Waals surface area contributed by atoms with Crippen molar-refractivity contribution in [2.45, 2.75) is 38.0 Å². The average Bonchev–Trinajstić information content (AvgIpc) is 3.14. The maximum Gasteiger partial charge on any atom is 0.514 e. The maximum atomic E-state index is 12.0. The third kappa shape index (κ3) is 5.89. The molecule has 1 heterocycles. The number of benzene rings is 1. The molecule has 29 heavy (non-hydrogen) atoms. The molecule has 0 aliphatic heterocycles. The van der Waals surface area contributed by atoms with E-state index in [1.807, 2.05) is 0 Å². The van der Waals surface area contributed by atoms with Gasteiger partial charge in [-0.15, -0.1) is 0 Å². The molecule has 1 N–H and O–H groups in total. The van der Waals surface area contributed by atoms with Gasteiger partial charge in [0.05, 0.1) is 11.0 Å². The highest BCUT2D eigenvalue weighted by atomic mass is 16.7. The van der Waals surface area contributed by atoms with E-state index in [4.69, 9.17) is 14.2 Å². The summed E-state index contributed by atoms with van der Waals surface area (Å²) in [6.45, 7) is 0.0834. The van der Waals surface area contributed by atoms with Crippen molar-refractivity contribution in [3.05, 3.63) is 64.5 Å². The van der Waals surface area contributed by atoms with Crippen molar-refractivity contribution in [1.29, 1.82) is 0 Å². The molecule has 1 saturated carbocycles. The highest BCUT2D eigenvalue weighted by Gasteiger charge is 2.32. The zero-order chi connectivity index (χ0) is 20.6. The predicted octanol–water partition coefficient (Wildman–Crippen LogP) is 3.35. The van der Waals surface area contributed by atoms with Crippen molar-refractivity contribution in [1.82, 2.24) is 10.3 Å². The lowest BCUT2D eigenvalue weighted by Crippen LogP contribution is -2.42. The second kappa shape index (κ2) is 9.49. The van der Waals surface area contributed by atoms with Crippen molar-refractivity contribution in [3.63, 3.8) is 0 Å². The average molecular weight is 401 g/mol. The molecule has 1 fully saturated rings. The van der Waals surface area contributed by atoms with Crippen molar-refractivity contribution in [3.8, 4) is 5.75 Å². The van der Waals surface area contributed by atoms with Crippen LogP contribution in [-0.2, 0) is 16.1 Å². The molecule has 1 aromatic heterocycles. The second-order valence-corrected chi connectivity index (χ2v) is 6.38. The van der Waals surface area contributed by atoms with E-state index in [0.717, 1.165) is 12.0 Å². The number of hydrogen-bond acceptors (Lipinski definition) is 8. The summed E-state index contributed by atoms with van der Waals surface area (Å²) < 4.78 is 15.5. The first kappa shape index (κ1) is 20.1. The second-order valence-electron chi connectivity index (χ2n) is 6.38. The molecule has 0 bridgehead atoms. The topological polar surface area (TPSA) is 130 Å². The molecule has 3 rings (SSSR count). The molecule has 10 nitrogen and oxygen atoms in total. The Morgan fingerprint density at radius 2 is 2.00 bits per heavy atom. The van der Waals surface area contributed by atoms with E-state index in [9.17, 15) is 19.7 Å². The number of rotatable bonds is 6. The summed E-state index contributed by atoms with van der Waals surface area (Å²) in [5, 5.41) is 13.3. The Bertz CT molecular complexity index is 858. The normalized spacial score (nSPS) is 17.9. The smallest absolute Gasteiger partial charge is 0.445 e. The van der Waals surface area contributed by atoms with Crippen LogP contribution in [0.1, 0.15) is 24.8 Å². The number of ether oxygens (including phenoxy) is 3. The summed E-state index contributed by atoms with van der Waals surface area (Å²) in [7, 11) is 0. The minimum Gasteiger partial charge on any atom is -0.445 e. The molecule has 0 radical (unpaired) electrons. The summed E-state index contributed by atoms with van der Waals surface area (Å²) in [5.41, 5.74) is 0.643. The highest BCUT2D eigenvalue weighted by Crippen LogP contribution is 2.24. The van der Waals surface area contributed by atoms with Crippen molar-refractivity contribution in [2.75, 3.05) is 0 Å². The van der Waals surface area contributed by atoms with Gasteiger partial charge in [0.1, 0.15) is 18.5 Å². The van der Waals surface area contributed by atoms with Crippen LogP contribution in [0, 0.1) is 10.1 Å². The van der Waals surface area contributed by atoms with Gasteiger partial charge < -0.3 is 19.5 Å². The third-order valence-corrected chi connectivity index (χ3v) is 4.34. The van der Waals surface area contributed by atoms with E-state index >= 15 is 0 Å². The van der Waals surface area contributed by atoms with Gasteiger partial charge in [-0.25, -0.2) is 9.59 Å². The van der Waals surface area contributed by atoms with Crippen molar-refractivity contribution >= 4 is 17.9 Å². The van der Waals surface area contributed by atoms with Gasteiger partial charge >= 0.3 is 12.2 Å². The SMILES string of the molecule is O=C(NC1CCCC1OC(=O)Oc1ccc([N+](=O)[O-])cc1)OCc1cccnc1. The van der Waals surface area contributed by atoms with Crippen LogP contribution < -0.4 is 10.1 Å².